The average molecular weight is 416 g/mol. The highest BCUT2D eigenvalue weighted by Crippen LogP contribution is 2.22. The zero-order valence-corrected chi connectivity index (χ0v) is 16.7. The summed E-state index contributed by atoms with van der Waals surface area (Å²) in [6, 6.07) is 14.2. The highest BCUT2D eigenvalue weighted by Gasteiger charge is 2.17. The number of thiazole rings is 1. The second-order valence-electron chi connectivity index (χ2n) is 6.59. The van der Waals surface area contributed by atoms with Crippen molar-refractivity contribution in [2.45, 2.75) is 12.8 Å². The second-order valence-corrected chi connectivity index (χ2v) is 7.31. The predicted molar refractivity (Wildman–Crippen MR) is 114 cm³/mol. The largest absolute Gasteiger partial charge is 0.324 e. The predicted octanol–water partition coefficient (Wildman–Crippen LogP) is 3.89. The molecule has 0 aliphatic carbocycles. The third-order valence-corrected chi connectivity index (χ3v) is 5.14. The van der Waals surface area contributed by atoms with E-state index in [9.17, 15) is 9.59 Å². The van der Waals surface area contributed by atoms with Gasteiger partial charge in [0, 0.05) is 11.1 Å². The minimum absolute atomic E-state index is 0.249. The Balaban J connectivity index is 1.48. The SMILES string of the molecule is C[C@@H](C(=O)Nc1nc2ccc(NC(=O)c3cscn3)cc2[nH]1)c1cccc(C#N)c1. The molecule has 0 saturated carbocycles. The van der Waals surface area contributed by atoms with Gasteiger partial charge in [-0.15, -0.1) is 11.3 Å². The number of H-pyrrole nitrogens is 1. The number of anilines is 2. The van der Waals surface area contributed by atoms with Crippen molar-refractivity contribution in [2.75, 3.05) is 10.6 Å². The highest BCUT2D eigenvalue weighted by molar-refractivity contribution is 7.07. The Labute approximate surface area is 175 Å². The molecule has 2 aromatic heterocycles. The minimum atomic E-state index is -0.459. The molecule has 2 amide bonds. The van der Waals surface area contributed by atoms with Gasteiger partial charge in [0.15, 0.2) is 0 Å². The smallest absolute Gasteiger partial charge is 0.275 e. The fourth-order valence-electron chi connectivity index (χ4n) is 2.92. The quantitative estimate of drug-likeness (QED) is 0.455. The molecule has 0 unspecified atom stereocenters. The second kappa shape index (κ2) is 8.14. The van der Waals surface area contributed by atoms with E-state index < -0.39 is 5.92 Å². The molecule has 2 aromatic carbocycles. The first-order chi connectivity index (χ1) is 14.5. The van der Waals surface area contributed by atoms with Crippen molar-refractivity contribution in [1.29, 1.82) is 5.26 Å². The van der Waals surface area contributed by atoms with Crippen LogP contribution >= 0.6 is 11.3 Å². The number of benzene rings is 2. The van der Waals surface area contributed by atoms with E-state index in [-0.39, 0.29) is 11.8 Å². The maximum absolute atomic E-state index is 12.6. The number of hydrogen-bond donors (Lipinski definition) is 3. The van der Waals surface area contributed by atoms with Crippen molar-refractivity contribution in [3.05, 3.63) is 70.2 Å². The summed E-state index contributed by atoms with van der Waals surface area (Å²) in [6.45, 7) is 1.76. The fourth-order valence-corrected chi connectivity index (χ4v) is 3.45. The Morgan fingerprint density at radius 3 is 2.83 bits per heavy atom. The lowest BCUT2D eigenvalue weighted by Gasteiger charge is -2.11. The molecule has 0 fully saturated rings. The fraction of sp³-hybridized carbons (Fsp3) is 0.0952. The summed E-state index contributed by atoms with van der Waals surface area (Å²) in [5, 5.41) is 16.3. The lowest BCUT2D eigenvalue weighted by Crippen LogP contribution is -2.19. The van der Waals surface area contributed by atoms with E-state index in [4.69, 9.17) is 5.26 Å². The maximum atomic E-state index is 12.6. The molecule has 8 nitrogen and oxygen atoms in total. The lowest BCUT2D eigenvalue weighted by atomic mass is 9.98. The van der Waals surface area contributed by atoms with Crippen LogP contribution in [0.15, 0.2) is 53.4 Å². The Bertz CT molecular complexity index is 1270. The normalized spacial score (nSPS) is 11.6. The van der Waals surface area contributed by atoms with Gasteiger partial charge in [-0.2, -0.15) is 5.26 Å². The number of rotatable bonds is 5. The molecule has 3 N–H and O–H groups in total. The minimum Gasteiger partial charge on any atom is -0.324 e. The molecule has 0 aliphatic rings. The van der Waals surface area contributed by atoms with Crippen molar-refractivity contribution in [2.24, 2.45) is 0 Å². The van der Waals surface area contributed by atoms with E-state index in [2.05, 4.69) is 31.7 Å². The highest BCUT2D eigenvalue weighted by atomic mass is 32.1. The van der Waals surface area contributed by atoms with E-state index in [1.54, 1.807) is 60.3 Å². The molecule has 4 rings (SSSR count). The number of carbonyl (C=O) groups is 2. The van der Waals surface area contributed by atoms with Crippen LogP contribution in [0.25, 0.3) is 11.0 Å². The van der Waals surface area contributed by atoms with E-state index in [1.807, 2.05) is 0 Å². The zero-order valence-electron chi connectivity index (χ0n) is 15.8. The Hall–Kier alpha value is -4.03. The van der Waals surface area contributed by atoms with E-state index >= 15 is 0 Å². The molecule has 0 radical (unpaired) electrons. The van der Waals surface area contributed by atoms with Crippen molar-refractivity contribution in [3.8, 4) is 6.07 Å². The van der Waals surface area contributed by atoms with Crippen LogP contribution in [0.5, 0.6) is 0 Å². The molecule has 0 spiro atoms. The van der Waals surface area contributed by atoms with Crippen LogP contribution in [-0.4, -0.2) is 26.8 Å². The Morgan fingerprint density at radius 1 is 1.20 bits per heavy atom. The molecule has 2 heterocycles. The third-order valence-electron chi connectivity index (χ3n) is 4.56. The summed E-state index contributed by atoms with van der Waals surface area (Å²) < 4.78 is 0. The first-order valence-electron chi connectivity index (χ1n) is 9.04. The van der Waals surface area contributed by atoms with Crippen LogP contribution in [0.2, 0.25) is 0 Å². The molecular formula is C21H16N6O2S. The van der Waals surface area contributed by atoms with Crippen molar-refractivity contribution < 1.29 is 9.59 Å². The van der Waals surface area contributed by atoms with Gasteiger partial charge < -0.3 is 10.3 Å². The van der Waals surface area contributed by atoms with Gasteiger partial charge in [0.2, 0.25) is 11.9 Å². The number of aromatic amines is 1. The number of amides is 2. The van der Waals surface area contributed by atoms with Crippen LogP contribution in [0, 0.1) is 11.3 Å². The third kappa shape index (κ3) is 4.04. The first kappa shape index (κ1) is 19.3. The molecule has 0 aliphatic heterocycles. The van der Waals surface area contributed by atoms with Crippen LogP contribution in [-0.2, 0) is 4.79 Å². The van der Waals surface area contributed by atoms with E-state index in [0.717, 1.165) is 5.56 Å². The van der Waals surface area contributed by atoms with Crippen molar-refractivity contribution in [3.63, 3.8) is 0 Å². The van der Waals surface area contributed by atoms with E-state index in [1.165, 1.54) is 11.3 Å². The van der Waals surface area contributed by atoms with Gasteiger partial charge in [-0.1, -0.05) is 12.1 Å². The Kier molecular flexibility index (Phi) is 5.24. The Morgan fingerprint density at radius 2 is 2.07 bits per heavy atom. The van der Waals surface area contributed by atoms with Gasteiger partial charge >= 0.3 is 0 Å². The standard InChI is InChI=1S/C21H16N6O2S/c1-12(14-4-2-3-13(7-14)9-22)19(28)27-21-25-16-6-5-15(8-17(16)26-21)24-20(29)18-10-30-11-23-18/h2-8,10-12H,1H3,(H,24,29)(H2,25,26,27,28)/t12-/m1/s1. The summed E-state index contributed by atoms with van der Waals surface area (Å²) in [6.07, 6.45) is 0. The number of imidazole rings is 1. The zero-order chi connectivity index (χ0) is 21.1. The number of aromatic nitrogens is 3. The number of nitrogens with one attached hydrogen (secondary N) is 3. The number of fused-ring (bicyclic) bond motifs is 1. The number of nitrogens with zero attached hydrogens (tertiary/aromatic N) is 3. The summed E-state index contributed by atoms with van der Waals surface area (Å²) in [4.78, 5) is 36.2. The molecule has 0 saturated heterocycles. The molecule has 0 bridgehead atoms. The summed E-state index contributed by atoms with van der Waals surface area (Å²) in [5.74, 6) is -0.695. The summed E-state index contributed by atoms with van der Waals surface area (Å²) in [5.41, 5.74) is 5.10. The molecule has 148 valence electrons. The summed E-state index contributed by atoms with van der Waals surface area (Å²) >= 11 is 1.35. The topological polar surface area (TPSA) is 124 Å². The van der Waals surface area contributed by atoms with Gasteiger partial charge in [-0.05, 0) is 42.8 Å². The van der Waals surface area contributed by atoms with Gasteiger partial charge in [0.05, 0.1) is 34.1 Å². The van der Waals surface area contributed by atoms with Crippen molar-refractivity contribution >= 4 is 45.8 Å². The molecule has 9 heteroatoms. The molecule has 30 heavy (non-hydrogen) atoms. The number of nitriles is 1. The average Bonchev–Trinajstić information content (AvgIpc) is 3.42. The lowest BCUT2D eigenvalue weighted by molar-refractivity contribution is -0.117. The van der Waals surface area contributed by atoms with Crippen LogP contribution in [0.4, 0.5) is 11.6 Å². The van der Waals surface area contributed by atoms with E-state index in [0.29, 0.717) is 33.9 Å². The molecular weight excluding hydrogens is 400 g/mol. The summed E-state index contributed by atoms with van der Waals surface area (Å²) in [7, 11) is 0. The van der Waals surface area contributed by atoms with Crippen LogP contribution in [0.1, 0.15) is 34.5 Å². The van der Waals surface area contributed by atoms with Gasteiger partial charge in [0.1, 0.15) is 5.69 Å². The monoisotopic (exact) mass is 416 g/mol. The maximum Gasteiger partial charge on any atom is 0.275 e. The van der Waals surface area contributed by atoms with Crippen LogP contribution < -0.4 is 10.6 Å². The first-order valence-corrected chi connectivity index (χ1v) is 9.98. The van der Waals surface area contributed by atoms with Crippen LogP contribution in [0.3, 0.4) is 0 Å². The van der Waals surface area contributed by atoms with Gasteiger partial charge in [0.25, 0.3) is 5.91 Å². The molecule has 1 atom stereocenters. The molecule has 4 aromatic rings. The van der Waals surface area contributed by atoms with Gasteiger partial charge in [-0.3, -0.25) is 14.9 Å². The van der Waals surface area contributed by atoms with Gasteiger partial charge in [-0.25, -0.2) is 9.97 Å². The van der Waals surface area contributed by atoms with Crippen molar-refractivity contribution in [1.82, 2.24) is 15.0 Å². The number of hydrogen-bond acceptors (Lipinski definition) is 6. The number of carbonyl (C=O) groups excluding carboxylic acids is 2.